The first-order valence-electron chi connectivity index (χ1n) is 11.2. The van der Waals surface area contributed by atoms with E-state index in [1.54, 1.807) is 0 Å². The van der Waals surface area contributed by atoms with Gasteiger partial charge in [-0.25, -0.2) is 0 Å². The molecule has 0 spiro atoms. The zero-order valence-corrected chi connectivity index (χ0v) is 18.8. The Labute approximate surface area is 182 Å². The van der Waals surface area contributed by atoms with Crippen molar-refractivity contribution in [3.8, 4) is 0 Å². The molecule has 0 bridgehead atoms. The van der Waals surface area contributed by atoms with Gasteiger partial charge in [0.05, 0.1) is 22.9 Å². The summed E-state index contributed by atoms with van der Waals surface area (Å²) in [6, 6.07) is 7.83. The standard InChI is InChI=1S/C23H31ClN4S/c1-15(28-9-5-2-6-10-28)21-14-29-23(27-21)20-12-16-11-17(24)13-19(22(16)26-20)25-18-7-3-4-8-18/h11-13,15,18,21,25-26H,2-10,14H2,1H3. The zero-order chi connectivity index (χ0) is 19.8. The number of hydrogen-bond donors (Lipinski definition) is 2. The number of thioether (sulfide) groups is 1. The average Bonchev–Trinajstić information content (AvgIpc) is 3.48. The number of likely N-dealkylation sites (tertiary alicyclic amines) is 1. The van der Waals surface area contributed by atoms with E-state index in [4.69, 9.17) is 16.6 Å². The minimum absolute atomic E-state index is 0.388. The fourth-order valence-electron chi connectivity index (χ4n) is 5.08. The number of benzene rings is 1. The molecule has 0 amide bonds. The van der Waals surface area contributed by atoms with Crippen LogP contribution in [0.5, 0.6) is 0 Å². The number of hydrogen-bond acceptors (Lipinski definition) is 4. The van der Waals surface area contributed by atoms with Crippen molar-refractivity contribution >= 4 is 45.0 Å². The predicted octanol–water partition coefficient (Wildman–Crippen LogP) is 5.91. The molecule has 2 unspecified atom stereocenters. The number of rotatable bonds is 5. The Morgan fingerprint density at radius 2 is 1.93 bits per heavy atom. The molecule has 2 atom stereocenters. The number of nitrogens with one attached hydrogen (secondary N) is 2. The van der Waals surface area contributed by atoms with E-state index in [1.165, 1.54) is 63.4 Å². The molecule has 2 N–H and O–H groups in total. The fraction of sp³-hybridized carbons (Fsp3) is 0.609. The van der Waals surface area contributed by atoms with Crippen molar-refractivity contribution in [3.05, 3.63) is 28.9 Å². The van der Waals surface area contributed by atoms with Crippen molar-refractivity contribution in [1.29, 1.82) is 0 Å². The lowest BCUT2D eigenvalue weighted by atomic mass is 10.1. The van der Waals surface area contributed by atoms with E-state index in [-0.39, 0.29) is 0 Å². The summed E-state index contributed by atoms with van der Waals surface area (Å²) < 4.78 is 0. The first-order chi connectivity index (χ1) is 14.2. The van der Waals surface area contributed by atoms with Crippen molar-refractivity contribution in [1.82, 2.24) is 9.88 Å². The van der Waals surface area contributed by atoms with Gasteiger partial charge in [-0.3, -0.25) is 9.89 Å². The summed E-state index contributed by atoms with van der Waals surface area (Å²) in [5.41, 5.74) is 3.43. The second kappa shape index (κ2) is 8.52. The van der Waals surface area contributed by atoms with E-state index >= 15 is 0 Å². The van der Waals surface area contributed by atoms with Crippen LogP contribution < -0.4 is 5.32 Å². The van der Waals surface area contributed by atoms with Crippen molar-refractivity contribution in [2.75, 3.05) is 24.2 Å². The van der Waals surface area contributed by atoms with Crippen LogP contribution in [0.3, 0.4) is 0 Å². The molecule has 1 aromatic carbocycles. The monoisotopic (exact) mass is 430 g/mol. The fourth-order valence-corrected chi connectivity index (χ4v) is 6.46. The van der Waals surface area contributed by atoms with Gasteiger partial charge in [0.15, 0.2) is 0 Å². The molecular weight excluding hydrogens is 400 g/mol. The second-order valence-corrected chi connectivity index (χ2v) is 10.3. The molecule has 6 heteroatoms. The molecule has 4 nitrogen and oxygen atoms in total. The number of halogens is 1. The summed E-state index contributed by atoms with van der Waals surface area (Å²) in [6.45, 7) is 4.82. The van der Waals surface area contributed by atoms with E-state index in [2.05, 4.69) is 40.3 Å². The molecule has 2 fully saturated rings. The van der Waals surface area contributed by atoms with Crippen LogP contribution in [0.4, 0.5) is 5.69 Å². The maximum absolute atomic E-state index is 6.43. The molecule has 156 valence electrons. The van der Waals surface area contributed by atoms with Crippen molar-refractivity contribution in [3.63, 3.8) is 0 Å². The van der Waals surface area contributed by atoms with E-state index in [0.29, 0.717) is 18.1 Å². The highest BCUT2D eigenvalue weighted by atomic mass is 35.5. The van der Waals surface area contributed by atoms with Gasteiger partial charge in [-0.1, -0.05) is 30.9 Å². The second-order valence-electron chi connectivity index (χ2n) is 8.88. The highest BCUT2D eigenvalue weighted by Gasteiger charge is 2.30. The summed E-state index contributed by atoms with van der Waals surface area (Å²) in [5.74, 6) is 1.08. The summed E-state index contributed by atoms with van der Waals surface area (Å²) in [4.78, 5) is 11.4. The first-order valence-corrected chi connectivity index (χ1v) is 12.6. The van der Waals surface area contributed by atoms with Gasteiger partial charge in [-0.05, 0) is 63.9 Å². The summed E-state index contributed by atoms with van der Waals surface area (Å²) in [5, 5.41) is 6.84. The molecule has 2 aliphatic heterocycles. The quantitative estimate of drug-likeness (QED) is 0.619. The number of H-pyrrole nitrogens is 1. The van der Waals surface area contributed by atoms with E-state index in [0.717, 1.165) is 32.7 Å². The molecule has 1 saturated heterocycles. The molecule has 0 radical (unpaired) electrons. The minimum atomic E-state index is 0.388. The number of fused-ring (bicyclic) bond motifs is 1. The van der Waals surface area contributed by atoms with Crippen molar-refractivity contribution in [2.45, 2.75) is 70.0 Å². The Kier molecular flexibility index (Phi) is 5.81. The van der Waals surface area contributed by atoms with Crippen LogP contribution in [0.1, 0.15) is 57.6 Å². The van der Waals surface area contributed by atoms with Crippen LogP contribution in [0.25, 0.3) is 10.9 Å². The molecule has 29 heavy (non-hydrogen) atoms. The normalized spacial score (nSPS) is 24.9. The Bertz CT molecular complexity index is 896. The Hall–Kier alpha value is -1.17. The van der Waals surface area contributed by atoms with Gasteiger partial charge in [0.25, 0.3) is 0 Å². The molecule has 3 aliphatic rings. The Morgan fingerprint density at radius 1 is 1.14 bits per heavy atom. The van der Waals surface area contributed by atoms with Crippen LogP contribution in [0, 0.1) is 0 Å². The highest BCUT2D eigenvalue weighted by Crippen LogP contribution is 2.34. The lowest BCUT2D eigenvalue weighted by Gasteiger charge is -2.34. The van der Waals surface area contributed by atoms with Crippen LogP contribution >= 0.6 is 23.4 Å². The first kappa shape index (κ1) is 19.8. The third-order valence-electron chi connectivity index (χ3n) is 6.84. The van der Waals surface area contributed by atoms with Gasteiger partial charge in [-0.2, -0.15) is 0 Å². The molecule has 3 heterocycles. The Morgan fingerprint density at radius 3 is 2.72 bits per heavy atom. The van der Waals surface area contributed by atoms with E-state index < -0.39 is 0 Å². The SMILES string of the molecule is CC(C1CSC(c2cc3cc(Cl)cc(NC4CCCC4)c3[nH]2)=N1)N1CCCCC1. The van der Waals surface area contributed by atoms with Gasteiger partial charge in [0.2, 0.25) is 0 Å². The van der Waals surface area contributed by atoms with E-state index in [1.807, 2.05) is 11.8 Å². The summed E-state index contributed by atoms with van der Waals surface area (Å²) in [7, 11) is 0. The summed E-state index contributed by atoms with van der Waals surface area (Å²) >= 11 is 8.33. The molecule has 1 saturated carbocycles. The minimum Gasteiger partial charge on any atom is -0.381 e. The smallest absolute Gasteiger partial charge is 0.114 e. The topological polar surface area (TPSA) is 43.4 Å². The largest absolute Gasteiger partial charge is 0.381 e. The number of aliphatic imine (C=N–C) groups is 1. The maximum atomic E-state index is 6.43. The average molecular weight is 431 g/mol. The van der Waals surface area contributed by atoms with Gasteiger partial charge >= 0.3 is 0 Å². The van der Waals surface area contributed by atoms with Crippen LogP contribution in [-0.2, 0) is 0 Å². The molecule has 1 aliphatic carbocycles. The third-order valence-corrected chi connectivity index (χ3v) is 8.16. The molecule has 5 rings (SSSR count). The number of aromatic amines is 1. The number of piperidine rings is 1. The zero-order valence-electron chi connectivity index (χ0n) is 17.2. The molecular formula is C23H31ClN4S. The number of nitrogens with zero attached hydrogens (tertiary/aromatic N) is 2. The van der Waals surface area contributed by atoms with Crippen LogP contribution in [0.2, 0.25) is 5.02 Å². The van der Waals surface area contributed by atoms with E-state index in [9.17, 15) is 0 Å². The van der Waals surface area contributed by atoms with Gasteiger partial charge in [0, 0.05) is 28.2 Å². The van der Waals surface area contributed by atoms with Crippen LogP contribution in [0.15, 0.2) is 23.2 Å². The predicted molar refractivity (Wildman–Crippen MR) is 127 cm³/mol. The number of aromatic nitrogens is 1. The third kappa shape index (κ3) is 4.19. The lowest BCUT2D eigenvalue weighted by Crippen LogP contribution is -2.43. The molecule has 1 aromatic heterocycles. The molecule has 2 aromatic rings. The van der Waals surface area contributed by atoms with Crippen LogP contribution in [-0.4, -0.2) is 51.9 Å². The highest BCUT2D eigenvalue weighted by molar-refractivity contribution is 8.14. The number of anilines is 1. The van der Waals surface area contributed by atoms with Crippen molar-refractivity contribution < 1.29 is 0 Å². The van der Waals surface area contributed by atoms with Gasteiger partial charge < -0.3 is 10.3 Å². The van der Waals surface area contributed by atoms with Crippen molar-refractivity contribution in [2.24, 2.45) is 4.99 Å². The van der Waals surface area contributed by atoms with Gasteiger partial charge in [0.1, 0.15) is 5.04 Å². The summed E-state index contributed by atoms with van der Waals surface area (Å²) in [6.07, 6.45) is 9.19. The lowest BCUT2D eigenvalue weighted by molar-refractivity contribution is 0.160. The maximum Gasteiger partial charge on any atom is 0.114 e. The Balaban J connectivity index is 1.38. The van der Waals surface area contributed by atoms with Gasteiger partial charge in [-0.15, -0.1) is 11.8 Å².